The molecule has 0 bridgehead atoms. The van der Waals surface area contributed by atoms with E-state index < -0.39 is 0 Å². The van der Waals surface area contributed by atoms with Gasteiger partial charge in [0.1, 0.15) is 5.58 Å². The maximum absolute atomic E-state index is 12.8. The number of hydrogen-bond donors (Lipinski definition) is 0. The summed E-state index contributed by atoms with van der Waals surface area (Å²) >= 11 is 9.53. The maximum atomic E-state index is 12.8. The third-order valence-electron chi connectivity index (χ3n) is 4.45. The van der Waals surface area contributed by atoms with E-state index in [1.54, 1.807) is 0 Å². The van der Waals surface area contributed by atoms with Gasteiger partial charge >= 0.3 is 0 Å². The second-order valence-electron chi connectivity index (χ2n) is 6.03. The van der Waals surface area contributed by atoms with E-state index in [1.807, 2.05) is 53.4 Å². The molecule has 1 fully saturated rings. The fourth-order valence-corrected chi connectivity index (χ4v) is 3.78. The Hall–Kier alpha value is -1.98. The van der Waals surface area contributed by atoms with Gasteiger partial charge in [-0.05, 0) is 46.3 Å². The van der Waals surface area contributed by atoms with Gasteiger partial charge in [-0.15, -0.1) is 0 Å². The van der Waals surface area contributed by atoms with Crippen LogP contribution in [0.25, 0.3) is 11.0 Å². The molecule has 1 saturated heterocycles. The molecule has 2 aromatic carbocycles. The molecule has 4 rings (SSSR count). The van der Waals surface area contributed by atoms with Gasteiger partial charge in [0, 0.05) is 42.3 Å². The van der Waals surface area contributed by atoms with Crippen LogP contribution >= 0.6 is 27.5 Å². The number of carbonyl (C=O) groups excluding carboxylic acids is 1. The third-order valence-corrected chi connectivity index (χ3v) is 5.31. The lowest BCUT2D eigenvalue weighted by Gasteiger charge is -2.35. The molecule has 1 aromatic heterocycles. The van der Waals surface area contributed by atoms with Crippen LogP contribution in [0.15, 0.2) is 57.4 Å². The molecule has 0 saturated carbocycles. The van der Waals surface area contributed by atoms with E-state index in [1.165, 1.54) is 0 Å². The van der Waals surface area contributed by atoms with Gasteiger partial charge in [0.25, 0.3) is 5.91 Å². The van der Waals surface area contributed by atoms with E-state index in [2.05, 4.69) is 20.8 Å². The molecule has 2 heterocycles. The Morgan fingerprint density at radius 2 is 1.80 bits per heavy atom. The van der Waals surface area contributed by atoms with Crippen molar-refractivity contribution in [2.45, 2.75) is 0 Å². The molecule has 0 N–H and O–H groups in total. The monoisotopic (exact) mass is 418 g/mol. The zero-order chi connectivity index (χ0) is 17.4. The van der Waals surface area contributed by atoms with Crippen LogP contribution in [0.5, 0.6) is 0 Å². The number of furan rings is 1. The second-order valence-corrected chi connectivity index (χ2v) is 7.32. The van der Waals surface area contributed by atoms with Crippen molar-refractivity contribution in [2.75, 3.05) is 31.1 Å². The highest BCUT2D eigenvalue weighted by molar-refractivity contribution is 9.10. The molecule has 6 heteroatoms. The average molecular weight is 420 g/mol. The van der Waals surface area contributed by atoms with Gasteiger partial charge in [-0.1, -0.05) is 29.8 Å². The molecule has 0 aliphatic carbocycles. The van der Waals surface area contributed by atoms with Gasteiger partial charge in [-0.25, -0.2) is 0 Å². The lowest BCUT2D eigenvalue weighted by molar-refractivity contribution is 0.0717. The first kappa shape index (κ1) is 16.5. The lowest BCUT2D eigenvalue weighted by Crippen LogP contribution is -2.48. The summed E-state index contributed by atoms with van der Waals surface area (Å²) in [5.74, 6) is 0.326. The molecule has 4 nitrogen and oxygen atoms in total. The quantitative estimate of drug-likeness (QED) is 0.598. The van der Waals surface area contributed by atoms with E-state index in [-0.39, 0.29) is 5.91 Å². The van der Waals surface area contributed by atoms with E-state index in [0.29, 0.717) is 24.4 Å². The molecule has 3 aromatic rings. The Balaban J connectivity index is 1.48. The van der Waals surface area contributed by atoms with Gasteiger partial charge < -0.3 is 14.2 Å². The van der Waals surface area contributed by atoms with E-state index in [0.717, 1.165) is 33.7 Å². The molecule has 0 unspecified atom stereocenters. The largest absolute Gasteiger partial charge is 0.450 e. The minimum absolute atomic E-state index is 0.0613. The first-order chi connectivity index (χ1) is 12.1. The van der Waals surface area contributed by atoms with Crippen LogP contribution in [0.3, 0.4) is 0 Å². The van der Waals surface area contributed by atoms with Crippen LogP contribution < -0.4 is 4.90 Å². The highest BCUT2D eigenvalue weighted by Crippen LogP contribution is 2.28. The van der Waals surface area contributed by atoms with Crippen molar-refractivity contribution in [2.24, 2.45) is 0 Å². The Kier molecular flexibility index (Phi) is 4.44. The summed E-state index contributed by atoms with van der Waals surface area (Å²) in [4.78, 5) is 16.8. The molecule has 1 aliphatic rings. The summed E-state index contributed by atoms with van der Waals surface area (Å²) in [6.45, 7) is 2.86. The predicted molar refractivity (Wildman–Crippen MR) is 103 cm³/mol. The lowest BCUT2D eigenvalue weighted by atomic mass is 10.2. The van der Waals surface area contributed by atoms with Crippen LogP contribution in [-0.4, -0.2) is 37.0 Å². The van der Waals surface area contributed by atoms with Crippen LogP contribution in [0.2, 0.25) is 5.02 Å². The molecule has 0 atom stereocenters. The first-order valence-electron chi connectivity index (χ1n) is 8.10. The van der Waals surface area contributed by atoms with Crippen LogP contribution in [0.4, 0.5) is 5.69 Å². The first-order valence-corrected chi connectivity index (χ1v) is 9.27. The van der Waals surface area contributed by atoms with Gasteiger partial charge in [0.15, 0.2) is 5.76 Å². The highest BCUT2D eigenvalue weighted by Gasteiger charge is 2.25. The number of fused-ring (bicyclic) bond motifs is 1. The summed E-state index contributed by atoms with van der Waals surface area (Å²) in [6, 6.07) is 15.4. The molecule has 25 heavy (non-hydrogen) atoms. The van der Waals surface area contributed by atoms with E-state index in [4.69, 9.17) is 16.0 Å². The van der Waals surface area contributed by atoms with Crippen molar-refractivity contribution < 1.29 is 9.21 Å². The van der Waals surface area contributed by atoms with Crippen molar-refractivity contribution in [3.63, 3.8) is 0 Å². The van der Waals surface area contributed by atoms with Gasteiger partial charge in [-0.2, -0.15) is 0 Å². The number of carbonyl (C=O) groups is 1. The zero-order valence-corrected chi connectivity index (χ0v) is 15.8. The number of hydrogen-bond acceptors (Lipinski definition) is 3. The summed E-state index contributed by atoms with van der Waals surface area (Å²) in [5, 5.41) is 1.65. The van der Waals surface area contributed by atoms with Crippen molar-refractivity contribution in [3.05, 3.63) is 63.8 Å². The zero-order valence-electron chi connectivity index (χ0n) is 13.4. The minimum atomic E-state index is -0.0613. The molecule has 0 spiro atoms. The number of rotatable bonds is 2. The van der Waals surface area contributed by atoms with Crippen molar-refractivity contribution >= 4 is 50.1 Å². The average Bonchev–Trinajstić information content (AvgIpc) is 3.07. The minimum Gasteiger partial charge on any atom is -0.450 e. The number of piperazine rings is 1. The standard InChI is InChI=1S/C19H16BrClN2O2/c20-16-6-1-3-13-11-17(25-18(13)16)19(24)23-9-7-22(8-10-23)15-5-2-4-14(21)12-15/h1-6,11-12H,7-10H2. The Labute approximate surface area is 159 Å². The molecule has 1 aliphatic heterocycles. The number of benzene rings is 2. The van der Waals surface area contributed by atoms with Gasteiger partial charge in [0.2, 0.25) is 0 Å². The fraction of sp³-hybridized carbons (Fsp3) is 0.211. The Morgan fingerprint density at radius 1 is 1.04 bits per heavy atom. The molecule has 1 amide bonds. The molecular weight excluding hydrogens is 404 g/mol. The van der Waals surface area contributed by atoms with Crippen molar-refractivity contribution in [1.29, 1.82) is 0 Å². The molecular formula is C19H16BrClN2O2. The maximum Gasteiger partial charge on any atom is 0.289 e. The number of anilines is 1. The van der Waals surface area contributed by atoms with Crippen LogP contribution in [0, 0.1) is 0 Å². The highest BCUT2D eigenvalue weighted by atomic mass is 79.9. The van der Waals surface area contributed by atoms with Crippen LogP contribution in [0.1, 0.15) is 10.6 Å². The Morgan fingerprint density at radius 3 is 2.52 bits per heavy atom. The van der Waals surface area contributed by atoms with Crippen molar-refractivity contribution in [1.82, 2.24) is 4.90 Å². The Bertz CT molecular complexity index is 932. The number of nitrogens with zero attached hydrogens (tertiary/aromatic N) is 2. The predicted octanol–water partition coefficient (Wildman–Crippen LogP) is 4.81. The molecule has 128 valence electrons. The normalized spacial score (nSPS) is 15.0. The summed E-state index contributed by atoms with van der Waals surface area (Å²) in [7, 11) is 0. The number of para-hydroxylation sites is 1. The van der Waals surface area contributed by atoms with E-state index >= 15 is 0 Å². The van der Waals surface area contributed by atoms with Crippen LogP contribution in [-0.2, 0) is 0 Å². The van der Waals surface area contributed by atoms with Gasteiger partial charge in [-0.3, -0.25) is 4.79 Å². The number of amides is 1. The van der Waals surface area contributed by atoms with Crippen molar-refractivity contribution in [3.8, 4) is 0 Å². The molecule has 0 radical (unpaired) electrons. The summed E-state index contributed by atoms with van der Waals surface area (Å²) < 4.78 is 6.63. The third kappa shape index (κ3) is 3.26. The number of halogens is 2. The summed E-state index contributed by atoms with van der Waals surface area (Å²) in [6.07, 6.45) is 0. The topological polar surface area (TPSA) is 36.7 Å². The second kappa shape index (κ2) is 6.73. The van der Waals surface area contributed by atoms with Gasteiger partial charge in [0.05, 0.1) is 4.47 Å². The SMILES string of the molecule is O=C(c1cc2cccc(Br)c2o1)N1CCN(c2cccc(Cl)c2)CC1. The smallest absolute Gasteiger partial charge is 0.289 e. The van der Waals surface area contributed by atoms with E-state index in [9.17, 15) is 4.79 Å². The fourth-order valence-electron chi connectivity index (χ4n) is 3.13. The summed E-state index contributed by atoms with van der Waals surface area (Å²) in [5.41, 5.74) is 1.80.